The molecule has 1 N–H and O–H groups in total. The van der Waals surface area contributed by atoms with Gasteiger partial charge in [-0.2, -0.15) is 0 Å². The minimum atomic E-state index is -0.364. The van der Waals surface area contributed by atoms with Crippen molar-refractivity contribution in [1.29, 1.82) is 0 Å². The van der Waals surface area contributed by atoms with Gasteiger partial charge in [0.05, 0.1) is 5.69 Å². The van der Waals surface area contributed by atoms with Crippen LogP contribution in [0.4, 0.5) is 5.69 Å². The number of nitrogens with one attached hydrogen (secondary N) is 1. The first-order chi connectivity index (χ1) is 6.77. The van der Waals surface area contributed by atoms with Gasteiger partial charge in [-0.3, -0.25) is 4.79 Å². The van der Waals surface area contributed by atoms with E-state index in [1.54, 1.807) is 0 Å². The summed E-state index contributed by atoms with van der Waals surface area (Å²) >= 11 is 0. The average Bonchev–Trinajstić information content (AvgIpc) is 2.18. The number of para-hydroxylation sites is 1. The number of hydrogen-bond donors (Lipinski definition) is 1. The van der Waals surface area contributed by atoms with E-state index in [1.165, 1.54) is 13.2 Å². The zero-order valence-corrected chi connectivity index (χ0v) is 7.61. The summed E-state index contributed by atoms with van der Waals surface area (Å²) in [5.74, 6) is 0.0587. The highest BCUT2D eigenvalue weighted by Gasteiger charge is 2.15. The lowest BCUT2D eigenvalue weighted by atomic mass is 10.1. The summed E-state index contributed by atoms with van der Waals surface area (Å²) in [6.07, 6.45) is 1.36. The van der Waals surface area contributed by atoms with Crippen LogP contribution in [0.15, 0.2) is 30.5 Å². The van der Waals surface area contributed by atoms with E-state index in [1.807, 2.05) is 24.3 Å². The number of esters is 1. The number of benzene rings is 1. The van der Waals surface area contributed by atoms with Gasteiger partial charge in [-0.1, -0.05) is 12.1 Å². The molecular formula is C10H9NO3. The molecule has 1 heterocycles. The standard InChI is InChI=1S/C10H9NO3/c1-7(12)14-10-6-13-11-9-5-3-2-4-8(9)10/h2-6,11H,1H3. The summed E-state index contributed by atoms with van der Waals surface area (Å²) in [5, 5.41) is 0. The van der Waals surface area contributed by atoms with E-state index in [-0.39, 0.29) is 5.97 Å². The highest BCUT2D eigenvalue weighted by Crippen LogP contribution is 2.28. The normalized spacial score (nSPS) is 13.1. The lowest BCUT2D eigenvalue weighted by Gasteiger charge is -2.17. The molecule has 72 valence electrons. The Hall–Kier alpha value is -1.97. The topological polar surface area (TPSA) is 47.6 Å². The van der Waals surface area contributed by atoms with Crippen LogP contribution >= 0.6 is 0 Å². The monoisotopic (exact) mass is 191 g/mol. The molecule has 0 amide bonds. The zero-order chi connectivity index (χ0) is 9.97. The molecule has 0 spiro atoms. The molecule has 0 radical (unpaired) electrons. The van der Waals surface area contributed by atoms with Gasteiger partial charge in [0, 0.05) is 12.5 Å². The summed E-state index contributed by atoms with van der Waals surface area (Å²) < 4.78 is 4.97. The predicted molar refractivity (Wildman–Crippen MR) is 50.9 cm³/mol. The van der Waals surface area contributed by atoms with Crippen molar-refractivity contribution in [3.8, 4) is 0 Å². The quantitative estimate of drug-likeness (QED) is 0.689. The van der Waals surface area contributed by atoms with Crippen LogP contribution in [0.2, 0.25) is 0 Å². The number of carbonyl (C=O) groups excluding carboxylic acids is 1. The van der Waals surface area contributed by atoms with Crippen LogP contribution in [-0.4, -0.2) is 5.97 Å². The molecule has 4 heteroatoms. The molecule has 4 nitrogen and oxygen atoms in total. The first-order valence-electron chi connectivity index (χ1n) is 4.17. The Bertz CT molecular complexity index is 398. The van der Waals surface area contributed by atoms with E-state index in [4.69, 9.17) is 9.57 Å². The fourth-order valence-electron chi connectivity index (χ4n) is 1.23. The summed E-state index contributed by atoms with van der Waals surface area (Å²) in [6, 6.07) is 7.42. The fourth-order valence-corrected chi connectivity index (χ4v) is 1.23. The Balaban J connectivity index is 2.35. The Morgan fingerprint density at radius 2 is 2.21 bits per heavy atom. The molecular weight excluding hydrogens is 182 g/mol. The molecule has 2 rings (SSSR count). The zero-order valence-electron chi connectivity index (χ0n) is 7.61. The Labute approximate surface area is 81.1 Å². The van der Waals surface area contributed by atoms with Gasteiger partial charge in [-0.15, -0.1) is 0 Å². The van der Waals surface area contributed by atoms with Crippen molar-refractivity contribution in [2.75, 3.05) is 5.48 Å². The molecule has 0 bridgehead atoms. The summed E-state index contributed by atoms with van der Waals surface area (Å²) in [5.41, 5.74) is 4.30. The minimum absolute atomic E-state index is 0.364. The predicted octanol–water partition coefficient (Wildman–Crippen LogP) is 1.91. The fraction of sp³-hybridized carbons (Fsp3) is 0.100. The lowest BCUT2D eigenvalue weighted by Crippen LogP contribution is -2.09. The highest BCUT2D eigenvalue weighted by molar-refractivity contribution is 5.81. The average molecular weight is 191 g/mol. The van der Waals surface area contributed by atoms with Crippen LogP contribution in [0.5, 0.6) is 0 Å². The number of ether oxygens (including phenoxy) is 1. The maximum Gasteiger partial charge on any atom is 0.308 e. The SMILES string of the molecule is CC(=O)OC1=CONc2ccccc21. The van der Waals surface area contributed by atoms with E-state index < -0.39 is 0 Å². The number of fused-ring (bicyclic) bond motifs is 1. The third-order valence-electron chi connectivity index (χ3n) is 1.78. The molecule has 1 aromatic carbocycles. The Kier molecular flexibility index (Phi) is 2.10. The maximum atomic E-state index is 10.8. The first-order valence-corrected chi connectivity index (χ1v) is 4.17. The van der Waals surface area contributed by atoms with Crippen molar-refractivity contribution in [2.24, 2.45) is 0 Å². The van der Waals surface area contributed by atoms with E-state index >= 15 is 0 Å². The van der Waals surface area contributed by atoms with Crippen LogP contribution in [0.3, 0.4) is 0 Å². The third-order valence-corrected chi connectivity index (χ3v) is 1.78. The second kappa shape index (κ2) is 3.41. The Morgan fingerprint density at radius 3 is 3.00 bits per heavy atom. The molecule has 0 atom stereocenters. The van der Waals surface area contributed by atoms with Gasteiger partial charge in [0.2, 0.25) is 0 Å². The second-order valence-electron chi connectivity index (χ2n) is 2.84. The molecule has 0 aromatic heterocycles. The number of rotatable bonds is 1. The molecule has 1 aliphatic rings. The van der Waals surface area contributed by atoms with E-state index in [9.17, 15) is 4.79 Å². The third kappa shape index (κ3) is 1.54. The van der Waals surface area contributed by atoms with Crippen molar-refractivity contribution in [1.82, 2.24) is 0 Å². The molecule has 0 fully saturated rings. The summed E-state index contributed by atoms with van der Waals surface area (Å²) in [7, 11) is 0. The largest absolute Gasteiger partial charge is 0.423 e. The molecule has 1 aromatic rings. The van der Waals surface area contributed by atoms with E-state index in [2.05, 4.69) is 5.48 Å². The van der Waals surface area contributed by atoms with Gasteiger partial charge < -0.3 is 9.57 Å². The van der Waals surface area contributed by atoms with Crippen molar-refractivity contribution in [2.45, 2.75) is 6.92 Å². The molecule has 0 unspecified atom stereocenters. The van der Waals surface area contributed by atoms with Crippen LogP contribution in [-0.2, 0) is 14.4 Å². The van der Waals surface area contributed by atoms with Gasteiger partial charge in [-0.05, 0) is 12.1 Å². The smallest absolute Gasteiger partial charge is 0.308 e. The van der Waals surface area contributed by atoms with Gasteiger partial charge >= 0.3 is 5.97 Å². The van der Waals surface area contributed by atoms with Crippen LogP contribution in [0.25, 0.3) is 5.76 Å². The van der Waals surface area contributed by atoms with Gasteiger partial charge in [0.1, 0.15) is 0 Å². The first kappa shape index (κ1) is 8.62. The van der Waals surface area contributed by atoms with Crippen LogP contribution < -0.4 is 5.48 Å². The minimum Gasteiger partial charge on any atom is -0.423 e. The van der Waals surface area contributed by atoms with Gasteiger partial charge in [0.15, 0.2) is 12.0 Å². The molecule has 0 saturated heterocycles. The van der Waals surface area contributed by atoms with Crippen molar-refractivity contribution < 1.29 is 14.4 Å². The molecule has 0 aliphatic carbocycles. The van der Waals surface area contributed by atoms with Crippen molar-refractivity contribution >= 4 is 17.4 Å². The van der Waals surface area contributed by atoms with E-state index in [0.717, 1.165) is 11.3 Å². The lowest BCUT2D eigenvalue weighted by molar-refractivity contribution is -0.134. The van der Waals surface area contributed by atoms with Crippen molar-refractivity contribution in [3.63, 3.8) is 0 Å². The Morgan fingerprint density at radius 1 is 1.43 bits per heavy atom. The van der Waals surface area contributed by atoms with Gasteiger partial charge in [0.25, 0.3) is 0 Å². The van der Waals surface area contributed by atoms with Crippen molar-refractivity contribution in [3.05, 3.63) is 36.1 Å². The summed E-state index contributed by atoms with van der Waals surface area (Å²) in [4.78, 5) is 15.7. The van der Waals surface area contributed by atoms with Gasteiger partial charge in [-0.25, -0.2) is 5.48 Å². The van der Waals surface area contributed by atoms with E-state index in [0.29, 0.717) is 5.76 Å². The molecule has 1 aliphatic heterocycles. The van der Waals surface area contributed by atoms with Crippen LogP contribution in [0.1, 0.15) is 12.5 Å². The second-order valence-corrected chi connectivity index (χ2v) is 2.84. The maximum absolute atomic E-state index is 10.8. The number of anilines is 1. The molecule has 0 saturated carbocycles. The number of carbonyl (C=O) groups is 1. The summed E-state index contributed by atoms with van der Waals surface area (Å²) in [6.45, 7) is 1.35. The number of hydrogen-bond acceptors (Lipinski definition) is 4. The molecule has 14 heavy (non-hydrogen) atoms. The van der Waals surface area contributed by atoms with Crippen LogP contribution in [0, 0.1) is 0 Å². The highest BCUT2D eigenvalue weighted by atomic mass is 16.6.